The van der Waals surface area contributed by atoms with Gasteiger partial charge in [-0.05, 0) is 61.2 Å². The maximum absolute atomic E-state index is 13.7. The van der Waals surface area contributed by atoms with Crippen LogP contribution in [0.4, 0.5) is 0 Å². The average Bonchev–Trinajstić information content (AvgIpc) is 3.20. The van der Waals surface area contributed by atoms with Crippen molar-refractivity contribution in [3.8, 4) is 5.75 Å². The third-order valence-electron chi connectivity index (χ3n) is 5.74. The first-order valence-corrected chi connectivity index (χ1v) is 10.1. The summed E-state index contributed by atoms with van der Waals surface area (Å²) in [5.74, 6) is 0.0410. The molecule has 1 atom stereocenters. The maximum Gasteiger partial charge on any atom is 0.267 e. The van der Waals surface area contributed by atoms with Crippen LogP contribution in [-0.2, 0) is 13.0 Å². The minimum Gasteiger partial charge on any atom is -0.497 e. The number of amides is 2. The third-order valence-corrected chi connectivity index (χ3v) is 5.74. The smallest absolute Gasteiger partial charge is 0.267 e. The van der Waals surface area contributed by atoms with Gasteiger partial charge in [-0.3, -0.25) is 19.6 Å². The minimum atomic E-state index is -0.614. The number of benzene rings is 1. The molecule has 0 saturated carbocycles. The van der Waals surface area contributed by atoms with Crippen LogP contribution in [0.2, 0.25) is 0 Å². The molecule has 0 bridgehead atoms. The van der Waals surface area contributed by atoms with E-state index in [1.165, 1.54) is 6.20 Å². The summed E-state index contributed by atoms with van der Waals surface area (Å²) in [7, 11) is 1.64. The Morgan fingerprint density at radius 1 is 1.16 bits per heavy atom. The molecule has 1 aliphatic rings. The van der Waals surface area contributed by atoms with E-state index in [0.29, 0.717) is 16.8 Å². The molecule has 2 amide bonds. The van der Waals surface area contributed by atoms with Crippen LogP contribution in [0, 0.1) is 6.92 Å². The number of nitrogens with zero attached hydrogens (tertiary/aromatic N) is 3. The zero-order chi connectivity index (χ0) is 22.0. The molecule has 2 aromatic heterocycles. The van der Waals surface area contributed by atoms with Crippen molar-refractivity contribution < 1.29 is 14.3 Å². The van der Waals surface area contributed by atoms with Crippen molar-refractivity contribution in [2.45, 2.75) is 32.4 Å². The first kappa shape index (κ1) is 20.5. The number of carbonyl (C=O) groups is 2. The molecule has 3 aromatic rings. The highest BCUT2D eigenvalue weighted by molar-refractivity contribution is 5.96. The Labute approximate surface area is 180 Å². The molecule has 0 radical (unpaired) electrons. The van der Waals surface area contributed by atoms with E-state index in [2.05, 4.69) is 9.97 Å². The van der Waals surface area contributed by atoms with E-state index in [9.17, 15) is 9.59 Å². The molecule has 2 heterocycles. The minimum absolute atomic E-state index is 0.140. The van der Waals surface area contributed by atoms with E-state index >= 15 is 0 Å². The monoisotopic (exact) mass is 416 g/mol. The van der Waals surface area contributed by atoms with Gasteiger partial charge in [-0.1, -0.05) is 12.1 Å². The van der Waals surface area contributed by atoms with Crippen molar-refractivity contribution in [3.05, 3.63) is 88.5 Å². The lowest BCUT2D eigenvalue weighted by Gasteiger charge is -2.31. The predicted molar refractivity (Wildman–Crippen MR) is 116 cm³/mol. The molecule has 2 N–H and O–H groups in total. The van der Waals surface area contributed by atoms with E-state index in [1.54, 1.807) is 42.5 Å². The molecule has 31 heavy (non-hydrogen) atoms. The van der Waals surface area contributed by atoms with Crippen LogP contribution in [0.25, 0.3) is 0 Å². The lowest BCUT2D eigenvalue weighted by Crippen LogP contribution is -2.35. The summed E-state index contributed by atoms with van der Waals surface area (Å²) in [6, 6.07) is 12.9. The van der Waals surface area contributed by atoms with Gasteiger partial charge in [-0.15, -0.1) is 0 Å². The number of primary amides is 1. The van der Waals surface area contributed by atoms with Crippen molar-refractivity contribution in [1.29, 1.82) is 0 Å². The highest BCUT2D eigenvalue weighted by Crippen LogP contribution is 2.39. The molecule has 0 aliphatic heterocycles. The first-order chi connectivity index (χ1) is 15.0. The molecular formula is C24H24N4O3. The van der Waals surface area contributed by atoms with Gasteiger partial charge in [0, 0.05) is 30.2 Å². The summed E-state index contributed by atoms with van der Waals surface area (Å²) in [5, 5.41) is 0. The Morgan fingerprint density at radius 2 is 1.94 bits per heavy atom. The van der Waals surface area contributed by atoms with Crippen molar-refractivity contribution in [2.24, 2.45) is 5.73 Å². The number of hydrogen-bond donors (Lipinski definition) is 1. The van der Waals surface area contributed by atoms with Crippen molar-refractivity contribution in [2.75, 3.05) is 7.11 Å². The van der Waals surface area contributed by atoms with Crippen LogP contribution >= 0.6 is 0 Å². The zero-order valence-electron chi connectivity index (χ0n) is 17.5. The molecular weight excluding hydrogens is 392 g/mol. The lowest BCUT2D eigenvalue weighted by molar-refractivity contribution is 0.0654. The standard InChI is InChI=1S/C24H24N4O3/c1-15-19(6-4-11-26-15)24(30)28(14-17-5-3-12-27-22(17)23(25)29)21-10-7-16-13-18(31-2)8-9-20(16)21/h3-6,8-9,11-13,21H,7,10,14H2,1-2H3,(H2,25,29)/t21-/m1/s1. The fraction of sp³-hybridized carbons (Fsp3) is 0.250. The zero-order valence-corrected chi connectivity index (χ0v) is 17.5. The SMILES string of the molecule is COc1ccc2c(c1)CC[C@H]2N(Cc1cccnc1C(N)=O)C(=O)c1cccnc1C. The summed E-state index contributed by atoms with van der Waals surface area (Å²) < 4.78 is 5.36. The number of methoxy groups -OCH3 is 1. The van der Waals surface area contributed by atoms with Gasteiger partial charge in [-0.2, -0.15) is 0 Å². The van der Waals surface area contributed by atoms with Crippen LogP contribution < -0.4 is 10.5 Å². The van der Waals surface area contributed by atoms with Crippen LogP contribution in [-0.4, -0.2) is 33.8 Å². The Bertz CT molecular complexity index is 1150. The second kappa shape index (κ2) is 8.55. The topological polar surface area (TPSA) is 98.4 Å². The number of nitrogens with two attached hydrogens (primary N) is 1. The Hall–Kier alpha value is -3.74. The van der Waals surface area contributed by atoms with Gasteiger partial charge < -0.3 is 15.4 Å². The van der Waals surface area contributed by atoms with Gasteiger partial charge in [0.2, 0.25) is 0 Å². The Balaban J connectivity index is 1.77. The number of fused-ring (bicyclic) bond motifs is 1. The number of ether oxygens (including phenoxy) is 1. The second-order valence-electron chi connectivity index (χ2n) is 7.56. The summed E-state index contributed by atoms with van der Waals surface area (Å²) >= 11 is 0. The van der Waals surface area contributed by atoms with Gasteiger partial charge in [0.15, 0.2) is 0 Å². The molecule has 158 valence electrons. The molecule has 0 saturated heterocycles. The fourth-order valence-corrected chi connectivity index (χ4v) is 4.18. The highest BCUT2D eigenvalue weighted by Gasteiger charge is 2.33. The predicted octanol–water partition coefficient (Wildman–Crippen LogP) is 3.22. The number of aromatic nitrogens is 2. The summed E-state index contributed by atoms with van der Waals surface area (Å²) in [6.45, 7) is 2.03. The largest absolute Gasteiger partial charge is 0.497 e. The molecule has 7 nitrogen and oxygen atoms in total. The summed E-state index contributed by atoms with van der Waals surface area (Å²) in [5.41, 5.74) is 9.77. The quantitative estimate of drug-likeness (QED) is 0.665. The molecule has 1 aliphatic carbocycles. The fourth-order valence-electron chi connectivity index (χ4n) is 4.18. The molecule has 1 aromatic carbocycles. The number of rotatable bonds is 6. The number of pyridine rings is 2. The van der Waals surface area contributed by atoms with Crippen LogP contribution in [0.1, 0.15) is 55.7 Å². The van der Waals surface area contributed by atoms with Gasteiger partial charge >= 0.3 is 0 Å². The summed E-state index contributed by atoms with van der Waals surface area (Å²) in [6.07, 6.45) is 4.81. The molecule has 7 heteroatoms. The number of hydrogen-bond acceptors (Lipinski definition) is 5. The van der Waals surface area contributed by atoms with E-state index in [1.807, 2.05) is 25.1 Å². The average molecular weight is 416 g/mol. The summed E-state index contributed by atoms with van der Waals surface area (Å²) in [4.78, 5) is 35.8. The van der Waals surface area contributed by atoms with E-state index in [0.717, 1.165) is 29.7 Å². The molecule has 0 spiro atoms. The van der Waals surface area contributed by atoms with Gasteiger partial charge in [-0.25, -0.2) is 0 Å². The lowest BCUT2D eigenvalue weighted by atomic mass is 10.0. The van der Waals surface area contributed by atoms with Crippen molar-refractivity contribution in [3.63, 3.8) is 0 Å². The van der Waals surface area contributed by atoms with Gasteiger partial charge in [0.05, 0.1) is 18.7 Å². The normalized spacial score (nSPS) is 14.7. The van der Waals surface area contributed by atoms with E-state index in [-0.39, 0.29) is 24.2 Å². The third kappa shape index (κ3) is 3.99. The van der Waals surface area contributed by atoms with Crippen LogP contribution in [0.5, 0.6) is 5.75 Å². The second-order valence-corrected chi connectivity index (χ2v) is 7.56. The van der Waals surface area contributed by atoms with E-state index < -0.39 is 5.91 Å². The van der Waals surface area contributed by atoms with Gasteiger partial charge in [0.25, 0.3) is 11.8 Å². The Morgan fingerprint density at radius 3 is 2.68 bits per heavy atom. The highest BCUT2D eigenvalue weighted by atomic mass is 16.5. The van der Waals surface area contributed by atoms with E-state index in [4.69, 9.17) is 10.5 Å². The van der Waals surface area contributed by atoms with Crippen molar-refractivity contribution >= 4 is 11.8 Å². The van der Waals surface area contributed by atoms with Crippen LogP contribution in [0.3, 0.4) is 0 Å². The first-order valence-electron chi connectivity index (χ1n) is 10.1. The number of carbonyl (C=O) groups excluding carboxylic acids is 2. The maximum atomic E-state index is 13.7. The molecule has 4 rings (SSSR count). The van der Waals surface area contributed by atoms with Crippen molar-refractivity contribution in [1.82, 2.24) is 14.9 Å². The Kier molecular flexibility index (Phi) is 5.66. The van der Waals surface area contributed by atoms with Gasteiger partial charge in [0.1, 0.15) is 11.4 Å². The number of aryl methyl sites for hydroxylation is 2. The molecule has 0 fully saturated rings. The molecule has 0 unspecified atom stereocenters. The van der Waals surface area contributed by atoms with Crippen LogP contribution in [0.15, 0.2) is 54.9 Å².